The van der Waals surface area contributed by atoms with Gasteiger partial charge in [0.15, 0.2) is 0 Å². The van der Waals surface area contributed by atoms with E-state index in [1.165, 1.54) is 0 Å². The Hall–Kier alpha value is -0.940. The van der Waals surface area contributed by atoms with Crippen LogP contribution < -0.4 is 5.14 Å². The van der Waals surface area contributed by atoms with Crippen molar-refractivity contribution in [3.8, 4) is 0 Å². The first-order chi connectivity index (χ1) is 6.00. The first-order valence-electron chi connectivity index (χ1n) is 3.91. The molecular weight excluding hydrogens is 188 g/mol. The number of pyridine rings is 1. The Morgan fingerprint density at radius 3 is 2.69 bits per heavy atom. The zero-order chi connectivity index (χ0) is 9.90. The summed E-state index contributed by atoms with van der Waals surface area (Å²) in [5.41, 5.74) is 0.740. The summed E-state index contributed by atoms with van der Waals surface area (Å²) >= 11 is 0. The largest absolute Gasteiger partial charge is 0.261 e. The van der Waals surface area contributed by atoms with Crippen LogP contribution in [0.5, 0.6) is 0 Å². The Morgan fingerprint density at radius 2 is 2.23 bits per heavy atom. The predicted octanol–water partition coefficient (Wildman–Crippen LogP) is 0.301. The van der Waals surface area contributed by atoms with Crippen LogP contribution in [0.4, 0.5) is 0 Å². The molecule has 1 atom stereocenters. The minimum Gasteiger partial charge on any atom is -0.261 e. The van der Waals surface area contributed by atoms with Gasteiger partial charge in [0.2, 0.25) is 10.0 Å². The lowest BCUT2D eigenvalue weighted by Gasteiger charge is -2.07. The second-order valence-corrected chi connectivity index (χ2v) is 4.91. The summed E-state index contributed by atoms with van der Waals surface area (Å²) in [7, 11) is -3.44. The fourth-order valence-electron chi connectivity index (χ4n) is 0.930. The molecule has 72 valence electrons. The topological polar surface area (TPSA) is 73.0 Å². The number of nitrogens with zero attached hydrogens (tertiary/aromatic N) is 1. The third kappa shape index (κ3) is 3.12. The van der Waals surface area contributed by atoms with E-state index < -0.39 is 15.3 Å². The van der Waals surface area contributed by atoms with Gasteiger partial charge in [-0.05, 0) is 19.1 Å². The van der Waals surface area contributed by atoms with E-state index in [4.69, 9.17) is 5.14 Å². The van der Waals surface area contributed by atoms with Gasteiger partial charge in [-0.3, -0.25) is 4.98 Å². The van der Waals surface area contributed by atoms with E-state index >= 15 is 0 Å². The van der Waals surface area contributed by atoms with Crippen LogP contribution in [0.1, 0.15) is 12.6 Å². The minimum atomic E-state index is -3.44. The molecule has 0 spiro atoms. The number of nitrogens with two attached hydrogens (primary N) is 1. The monoisotopic (exact) mass is 200 g/mol. The van der Waals surface area contributed by atoms with Gasteiger partial charge in [0.25, 0.3) is 0 Å². The fourth-order valence-corrected chi connectivity index (χ4v) is 1.33. The van der Waals surface area contributed by atoms with Crippen LogP contribution in [-0.2, 0) is 16.4 Å². The molecule has 1 aromatic heterocycles. The van der Waals surface area contributed by atoms with E-state index in [0.717, 1.165) is 5.69 Å². The van der Waals surface area contributed by atoms with Gasteiger partial charge in [-0.1, -0.05) is 6.07 Å². The molecule has 5 heteroatoms. The third-order valence-corrected chi connectivity index (χ3v) is 3.07. The second-order valence-electron chi connectivity index (χ2n) is 2.92. The molecular formula is C8H12N2O2S. The molecule has 0 aromatic carbocycles. The van der Waals surface area contributed by atoms with Gasteiger partial charge in [-0.25, -0.2) is 13.6 Å². The van der Waals surface area contributed by atoms with Crippen LogP contribution in [0, 0.1) is 0 Å². The van der Waals surface area contributed by atoms with Crippen molar-refractivity contribution in [2.24, 2.45) is 5.14 Å². The van der Waals surface area contributed by atoms with Crippen molar-refractivity contribution in [1.29, 1.82) is 0 Å². The van der Waals surface area contributed by atoms with Crippen LogP contribution in [0.2, 0.25) is 0 Å². The Labute approximate surface area is 77.8 Å². The van der Waals surface area contributed by atoms with Crippen LogP contribution in [-0.4, -0.2) is 18.7 Å². The van der Waals surface area contributed by atoms with Crippen molar-refractivity contribution in [3.63, 3.8) is 0 Å². The summed E-state index contributed by atoms with van der Waals surface area (Å²) < 4.78 is 21.8. The highest BCUT2D eigenvalue weighted by molar-refractivity contribution is 7.89. The molecule has 4 nitrogen and oxygen atoms in total. The summed E-state index contributed by atoms with van der Waals surface area (Å²) in [6, 6.07) is 5.38. The molecule has 0 saturated carbocycles. The molecule has 1 aromatic rings. The van der Waals surface area contributed by atoms with Crippen molar-refractivity contribution in [2.45, 2.75) is 18.6 Å². The number of rotatable bonds is 3. The molecule has 0 fully saturated rings. The van der Waals surface area contributed by atoms with E-state index in [2.05, 4.69) is 4.98 Å². The van der Waals surface area contributed by atoms with Crippen LogP contribution >= 0.6 is 0 Å². The summed E-state index contributed by atoms with van der Waals surface area (Å²) in [6.45, 7) is 1.57. The Balaban J connectivity index is 2.72. The first kappa shape index (κ1) is 10.1. The van der Waals surface area contributed by atoms with Gasteiger partial charge in [-0.2, -0.15) is 0 Å². The normalized spacial score (nSPS) is 14.0. The molecule has 0 aliphatic rings. The van der Waals surface area contributed by atoms with Gasteiger partial charge in [0.1, 0.15) is 0 Å². The highest BCUT2D eigenvalue weighted by atomic mass is 32.2. The average molecular weight is 200 g/mol. The summed E-state index contributed by atoms with van der Waals surface area (Å²) in [5, 5.41) is 4.39. The zero-order valence-corrected chi connectivity index (χ0v) is 8.16. The smallest absolute Gasteiger partial charge is 0.212 e. The van der Waals surface area contributed by atoms with Crippen molar-refractivity contribution in [1.82, 2.24) is 4.98 Å². The van der Waals surface area contributed by atoms with Gasteiger partial charge in [-0.15, -0.1) is 0 Å². The Kier molecular flexibility index (Phi) is 3.00. The van der Waals surface area contributed by atoms with Gasteiger partial charge < -0.3 is 0 Å². The lowest BCUT2D eigenvalue weighted by molar-refractivity contribution is 0.583. The highest BCUT2D eigenvalue weighted by Gasteiger charge is 2.15. The maximum atomic E-state index is 10.9. The number of primary sulfonamides is 1. The molecule has 0 aliphatic carbocycles. The van der Waals surface area contributed by atoms with E-state index in [1.54, 1.807) is 25.3 Å². The van der Waals surface area contributed by atoms with E-state index in [9.17, 15) is 8.42 Å². The molecule has 13 heavy (non-hydrogen) atoms. The first-order valence-corrected chi connectivity index (χ1v) is 5.52. The van der Waals surface area contributed by atoms with Crippen LogP contribution in [0.25, 0.3) is 0 Å². The molecule has 1 rings (SSSR count). The molecule has 2 N–H and O–H groups in total. The fraction of sp³-hybridized carbons (Fsp3) is 0.375. The van der Waals surface area contributed by atoms with Crippen LogP contribution in [0.3, 0.4) is 0 Å². The van der Waals surface area contributed by atoms with Gasteiger partial charge in [0.05, 0.1) is 5.25 Å². The van der Waals surface area contributed by atoms with Crippen LogP contribution in [0.15, 0.2) is 24.4 Å². The van der Waals surface area contributed by atoms with Crippen molar-refractivity contribution in [2.75, 3.05) is 0 Å². The van der Waals surface area contributed by atoms with E-state index in [1.807, 2.05) is 6.07 Å². The average Bonchev–Trinajstić information content (AvgIpc) is 2.04. The lowest BCUT2D eigenvalue weighted by atomic mass is 10.2. The number of hydrogen-bond acceptors (Lipinski definition) is 3. The SMILES string of the molecule is CC(Cc1ccccn1)S(N)(=O)=O. The number of sulfonamides is 1. The lowest BCUT2D eigenvalue weighted by Crippen LogP contribution is -2.27. The molecule has 0 aliphatic heterocycles. The maximum absolute atomic E-state index is 10.9. The second kappa shape index (κ2) is 3.85. The molecule has 0 saturated heterocycles. The van der Waals surface area contributed by atoms with Crippen molar-refractivity contribution >= 4 is 10.0 Å². The van der Waals surface area contributed by atoms with Gasteiger partial charge >= 0.3 is 0 Å². The van der Waals surface area contributed by atoms with Crippen molar-refractivity contribution < 1.29 is 8.42 Å². The summed E-state index contributed by atoms with van der Waals surface area (Å²) in [5.74, 6) is 0. The Morgan fingerprint density at radius 1 is 1.54 bits per heavy atom. The molecule has 0 bridgehead atoms. The number of aromatic nitrogens is 1. The van der Waals surface area contributed by atoms with E-state index in [-0.39, 0.29) is 0 Å². The van der Waals surface area contributed by atoms with Gasteiger partial charge in [0, 0.05) is 18.3 Å². The molecule has 1 heterocycles. The summed E-state index contributed by atoms with van der Waals surface area (Å²) in [4.78, 5) is 4.01. The van der Waals surface area contributed by atoms with E-state index in [0.29, 0.717) is 6.42 Å². The van der Waals surface area contributed by atoms with Crippen molar-refractivity contribution in [3.05, 3.63) is 30.1 Å². The third-order valence-electron chi connectivity index (χ3n) is 1.78. The summed E-state index contributed by atoms with van der Waals surface area (Å²) in [6.07, 6.45) is 1.99. The highest BCUT2D eigenvalue weighted by Crippen LogP contribution is 2.04. The molecule has 0 radical (unpaired) electrons. The zero-order valence-electron chi connectivity index (χ0n) is 7.34. The maximum Gasteiger partial charge on any atom is 0.212 e. The number of hydrogen-bond donors (Lipinski definition) is 1. The molecule has 1 unspecified atom stereocenters. The predicted molar refractivity (Wildman–Crippen MR) is 50.5 cm³/mol. The quantitative estimate of drug-likeness (QED) is 0.762. The minimum absolute atomic E-state index is 0.361. The molecule has 0 amide bonds. The Bertz CT molecular complexity index is 361. The standard InChI is InChI=1S/C8H12N2O2S/c1-7(13(9,11)12)6-8-4-2-3-5-10-8/h2-5,7H,6H2,1H3,(H2,9,11,12).